The van der Waals surface area contributed by atoms with Crippen LogP contribution in [0.4, 0.5) is 0 Å². The van der Waals surface area contributed by atoms with Gasteiger partial charge in [-0.2, -0.15) is 5.10 Å². The van der Waals surface area contributed by atoms with Crippen molar-refractivity contribution in [3.8, 4) is 0 Å². The van der Waals surface area contributed by atoms with Crippen molar-refractivity contribution in [3.63, 3.8) is 0 Å². The average Bonchev–Trinajstić information content (AvgIpc) is 3.02. The van der Waals surface area contributed by atoms with Crippen LogP contribution < -0.4 is 5.32 Å². The molecule has 0 radical (unpaired) electrons. The highest BCUT2D eigenvalue weighted by Crippen LogP contribution is 2.23. The van der Waals surface area contributed by atoms with Gasteiger partial charge in [0.2, 0.25) is 0 Å². The van der Waals surface area contributed by atoms with Crippen molar-refractivity contribution in [1.82, 2.24) is 15.1 Å². The fraction of sp³-hybridized carbons (Fsp3) is 0.500. The molecule has 2 N–H and O–H groups in total. The predicted molar refractivity (Wildman–Crippen MR) is 89.7 cm³/mol. The van der Waals surface area contributed by atoms with Crippen LogP contribution in [0.3, 0.4) is 0 Å². The lowest BCUT2D eigenvalue weighted by Crippen LogP contribution is -2.24. The standard InChI is InChI=1S/C18H27N3O/c1-14(2)21-13-17(12-19-21)15(3)20-18(10-7-11-22)16-8-5-4-6-9-16/h4-6,8-9,12-15,18,20,22H,7,10-11H2,1-3H3. The van der Waals surface area contributed by atoms with Crippen molar-refractivity contribution in [3.05, 3.63) is 53.9 Å². The summed E-state index contributed by atoms with van der Waals surface area (Å²) in [5, 5.41) is 17.2. The van der Waals surface area contributed by atoms with Crippen LogP contribution in [0.15, 0.2) is 42.7 Å². The van der Waals surface area contributed by atoms with E-state index in [9.17, 15) is 0 Å². The Labute approximate surface area is 133 Å². The van der Waals surface area contributed by atoms with E-state index in [1.54, 1.807) is 0 Å². The second kappa shape index (κ2) is 8.11. The van der Waals surface area contributed by atoms with Gasteiger partial charge in [-0.1, -0.05) is 30.3 Å². The van der Waals surface area contributed by atoms with Crippen LogP contribution in [0.25, 0.3) is 0 Å². The summed E-state index contributed by atoms with van der Waals surface area (Å²) in [5.41, 5.74) is 2.46. The molecule has 120 valence electrons. The Morgan fingerprint density at radius 1 is 1.14 bits per heavy atom. The first-order valence-electron chi connectivity index (χ1n) is 8.07. The third kappa shape index (κ3) is 4.42. The number of hydrogen-bond donors (Lipinski definition) is 2. The summed E-state index contributed by atoms with van der Waals surface area (Å²) < 4.78 is 1.98. The Kier molecular flexibility index (Phi) is 6.16. The van der Waals surface area contributed by atoms with E-state index in [1.807, 2.05) is 16.9 Å². The van der Waals surface area contributed by atoms with E-state index in [-0.39, 0.29) is 18.7 Å². The topological polar surface area (TPSA) is 50.1 Å². The van der Waals surface area contributed by atoms with Gasteiger partial charge in [0.1, 0.15) is 0 Å². The lowest BCUT2D eigenvalue weighted by Gasteiger charge is -2.23. The fourth-order valence-electron chi connectivity index (χ4n) is 2.58. The Morgan fingerprint density at radius 3 is 2.45 bits per heavy atom. The zero-order valence-electron chi connectivity index (χ0n) is 13.7. The molecular weight excluding hydrogens is 274 g/mol. The van der Waals surface area contributed by atoms with Crippen LogP contribution in [0.5, 0.6) is 0 Å². The molecule has 0 saturated heterocycles. The van der Waals surface area contributed by atoms with Crippen molar-refractivity contribution < 1.29 is 5.11 Å². The van der Waals surface area contributed by atoms with Gasteiger partial charge in [0.15, 0.2) is 0 Å². The number of rotatable bonds is 8. The average molecular weight is 301 g/mol. The second-order valence-electron chi connectivity index (χ2n) is 6.06. The maximum absolute atomic E-state index is 9.14. The van der Waals surface area contributed by atoms with Crippen molar-refractivity contribution in [2.24, 2.45) is 0 Å². The number of aromatic nitrogens is 2. The van der Waals surface area contributed by atoms with E-state index < -0.39 is 0 Å². The summed E-state index contributed by atoms with van der Waals surface area (Å²) in [6.07, 6.45) is 5.76. The minimum atomic E-state index is 0.219. The fourth-order valence-corrected chi connectivity index (χ4v) is 2.58. The number of aliphatic hydroxyl groups excluding tert-OH is 1. The summed E-state index contributed by atoms with van der Waals surface area (Å²) in [5.74, 6) is 0. The summed E-state index contributed by atoms with van der Waals surface area (Å²) in [6, 6.07) is 11.3. The zero-order valence-corrected chi connectivity index (χ0v) is 13.7. The molecule has 4 nitrogen and oxygen atoms in total. The molecule has 2 rings (SSSR count). The molecule has 0 aliphatic heterocycles. The first kappa shape index (κ1) is 16.7. The third-order valence-electron chi connectivity index (χ3n) is 3.95. The van der Waals surface area contributed by atoms with Gasteiger partial charge < -0.3 is 10.4 Å². The molecule has 0 saturated carbocycles. The number of hydrogen-bond acceptors (Lipinski definition) is 3. The van der Waals surface area contributed by atoms with Crippen molar-refractivity contribution >= 4 is 0 Å². The Bertz CT molecular complexity index is 550. The van der Waals surface area contributed by atoms with E-state index in [4.69, 9.17) is 5.11 Å². The molecule has 0 fully saturated rings. The second-order valence-corrected chi connectivity index (χ2v) is 6.06. The van der Waals surface area contributed by atoms with Gasteiger partial charge in [-0.25, -0.2) is 0 Å². The lowest BCUT2D eigenvalue weighted by molar-refractivity contribution is 0.272. The van der Waals surface area contributed by atoms with Gasteiger partial charge in [-0.15, -0.1) is 0 Å². The largest absolute Gasteiger partial charge is 0.396 e. The minimum Gasteiger partial charge on any atom is -0.396 e. The molecule has 2 aromatic rings. The number of nitrogens with zero attached hydrogens (tertiary/aromatic N) is 2. The van der Waals surface area contributed by atoms with Crippen LogP contribution in [0.1, 0.15) is 62.9 Å². The minimum absolute atomic E-state index is 0.219. The summed E-state index contributed by atoms with van der Waals surface area (Å²) in [7, 11) is 0. The number of aliphatic hydroxyl groups is 1. The summed E-state index contributed by atoms with van der Waals surface area (Å²) >= 11 is 0. The van der Waals surface area contributed by atoms with Crippen LogP contribution in [0, 0.1) is 0 Å². The van der Waals surface area contributed by atoms with Gasteiger partial charge in [-0.3, -0.25) is 4.68 Å². The molecule has 1 heterocycles. The molecule has 1 aromatic carbocycles. The Balaban J connectivity index is 2.08. The molecule has 2 unspecified atom stereocenters. The van der Waals surface area contributed by atoms with E-state index in [1.165, 1.54) is 11.1 Å². The SMILES string of the molecule is CC(NC(CCCO)c1ccccc1)c1cnn(C(C)C)c1. The molecule has 1 aromatic heterocycles. The van der Waals surface area contributed by atoms with Gasteiger partial charge >= 0.3 is 0 Å². The molecule has 0 aliphatic rings. The maximum atomic E-state index is 9.14. The molecule has 0 amide bonds. The third-order valence-corrected chi connectivity index (χ3v) is 3.95. The lowest BCUT2D eigenvalue weighted by atomic mass is 10.0. The molecule has 0 bridgehead atoms. The van der Waals surface area contributed by atoms with Gasteiger partial charge in [0.05, 0.1) is 6.20 Å². The normalized spacial score (nSPS) is 14.2. The highest BCUT2D eigenvalue weighted by atomic mass is 16.2. The van der Waals surface area contributed by atoms with E-state index in [0.717, 1.165) is 12.8 Å². The van der Waals surface area contributed by atoms with Crippen LogP contribution in [-0.2, 0) is 0 Å². The molecule has 4 heteroatoms. The van der Waals surface area contributed by atoms with Gasteiger partial charge in [-0.05, 0) is 39.2 Å². The van der Waals surface area contributed by atoms with Gasteiger partial charge in [0, 0.05) is 36.5 Å². The quantitative estimate of drug-likeness (QED) is 0.783. The first-order chi connectivity index (χ1) is 10.6. The monoisotopic (exact) mass is 301 g/mol. The highest BCUT2D eigenvalue weighted by Gasteiger charge is 2.16. The molecule has 0 spiro atoms. The van der Waals surface area contributed by atoms with Crippen LogP contribution in [-0.4, -0.2) is 21.5 Å². The van der Waals surface area contributed by atoms with Crippen molar-refractivity contribution in [2.45, 2.75) is 51.7 Å². The first-order valence-corrected chi connectivity index (χ1v) is 8.07. The summed E-state index contributed by atoms with van der Waals surface area (Å²) in [4.78, 5) is 0. The Hall–Kier alpha value is -1.65. The van der Waals surface area contributed by atoms with Crippen LogP contribution in [0.2, 0.25) is 0 Å². The van der Waals surface area contributed by atoms with Gasteiger partial charge in [0.25, 0.3) is 0 Å². The van der Waals surface area contributed by atoms with E-state index in [2.05, 4.69) is 61.6 Å². The smallest absolute Gasteiger partial charge is 0.0537 e. The van der Waals surface area contributed by atoms with Crippen LogP contribution >= 0.6 is 0 Å². The molecule has 0 aliphatic carbocycles. The predicted octanol–water partition coefficient (Wildman–Crippen LogP) is 3.63. The number of nitrogens with one attached hydrogen (secondary N) is 1. The maximum Gasteiger partial charge on any atom is 0.0537 e. The molecule has 22 heavy (non-hydrogen) atoms. The molecular formula is C18H27N3O. The van der Waals surface area contributed by atoms with E-state index in [0.29, 0.717) is 6.04 Å². The highest BCUT2D eigenvalue weighted by molar-refractivity contribution is 5.20. The number of benzene rings is 1. The molecule has 2 atom stereocenters. The Morgan fingerprint density at radius 2 is 1.86 bits per heavy atom. The summed E-state index contributed by atoms with van der Waals surface area (Å²) in [6.45, 7) is 6.65. The van der Waals surface area contributed by atoms with E-state index >= 15 is 0 Å². The zero-order chi connectivity index (χ0) is 15.9. The van der Waals surface area contributed by atoms with Crippen molar-refractivity contribution in [1.29, 1.82) is 0 Å². The van der Waals surface area contributed by atoms with Crippen molar-refractivity contribution in [2.75, 3.05) is 6.61 Å².